The van der Waals surface area contributed by atoms with Gasteiger partial charge >= 0.3 is 0 Å². The van der Waals surface area contributed by atoms with Crippen molar-refractivity contribution in [3.05, 3.63) is 75.1 Å². The molecule has 2 heterocycles. The zero-order chi connectivity index (χ0) is 21.8. The Labute approximate surface area is 179 Å². The zero-order valence-electron chi connectivity index (χ0n) is 16.4. The maximum Gasteiger partial charge on any atom is 0.291 e. The van der Waals surface area contributed by atoms with E-state index in [1.807, 2.05) is 6.92 Å². The molecular formula is C21H17FN4O4S. The van der Waals surface area contributed by atoms with Crippen LogP contribution in [0.2, 0.25) is 0 Å². The Morgan fingerprint density at radius 3 is 2.74 bits per heavy atom. The molecule has 4 rings (SSSR count). The monoisotopic (exact) mass is 440 g/mol. The highest BCUT2D eigenvalue weighted by Crippen LogP contribution is 2.29. The van der Waals surface area contributed by atoms with Gasteiger partial charge in [-0.15, -0.1) is 0 Å². The van der Waals surface area contributed by atoms with E-state index in [-0.39, 0.29) is 18.0 Å². The maximum absolute atomic E-state index is 13.0. The predicted molar refractivity (Wildman–Crippen MR) is 114 cm³/mol. The van der Waals surface area contributed by atoms with E-state index in [1.165, 1.54) is 46.4 Å². The molecule has 4 aromatic rings. The lowest BCUT2D eigenvalue weighted by molar-refractivity contribution is -0.118. The molecular weight excluding hydrogens is 423 g/mol. The number of halogens is 1. The Hall–Kier alpha value is -3.79. The van der Waals surface area contributed by atoms with Gasteiger partial charge in [-0.2, -0.15) is 9.61 Å². The van der Waals surface area contributed by atoms with Crippen molar-refractivity contribution in [3.63, 3.8) is 0 Å². The molecule has 10 heteroatoms. The largest absolute Gasteiger partial charge is 0.490 e. The Balaban J connectivity index is 1.50. The average Bonchev–Trinajstić information content (AvgIpc) is 3.33. The average molecular weight is 440 g/mol. The van der Waals surface area contributed by atoms with Gasteiger partial charge in [-0.05, 0) is 55.0 Å². The number of hydrogen-bond acceptors (Lipinski definition) is 7. The molecule has 0 atom stereocenters. The molecule has 0 spiro atoms. The van der Waals surface area contributed by atoms with Crippen LogP contribution >= 0.6 is 11.3 Å². The number of ether oxygens (including phenoxy) is 2. The standard InChI is InChI=1S/C21H17FN4O4S/c1-2-29-17-9-13(10-18-20(28)26-21(31-18)23-12-24-26)3-8-16(17)30-11-19(27)25-15-6-4-14(22)5-7-15/h3-10,12H,2,11H2,1H3,(H,25,27)/b18-10-. The van der Waals surface area contributed by atoms with Crippen molar-refractivity contribution >= 4 is 34.0 Å². The fourth-order valence-corrected chi connectivity index (χ4v) is 3.69. The number of aromatic nitrogens is 3. The number of carbonyl (C=O) groups is 1. The number of carbonyl (C=O) groups excluding carboxylic acids is 1. The van der Waals surface area contributed by atoms with Crippen LogP contribution in [0.15, 0.2) is 53.6 Å². The van der Waals surface area contributed by atoms with Crippen molar-refractivity contribution in [3.8, 4) is 11.5 Å². The van der Waals surface area contributed by atoms with Crippen LogP contribution in [0.5, 0.6) is 11.5 Å². The van der Waals surface area contributed by atoms with Crippen LogP contribution in [-0.2, 0) is 4.79 Å². The Bertz CT molecular complexity index is 1330. The molecule has 0 radical (unpaired) electrons. The minimum absolute atomic E-state index is 0.242. The first-order valence-electron chi connectivity index (χ1n) is 9.33. The summed E-state index contributed by atoms with van der Waals surface area (Å²) in [7, 11) is 0. The van der Waals surface area contributed by atoms with E-state index in [4.69, 9.17) is 9.47 Å². The summed E-state index contributed by atoms with van der Waals surface area (Å²) >= 11 is 1.24. The minimum atomic E-state index is -0.393. The smallest absolute Gasteiger partial charge is 0.291 e. The summed E-state index contributed by atoms with van der Waals surface area (Å²) in [5, 5.41) is 6.53. The minimum Gasteiger partial charge on any atom is -0.490 e. The number of rotatable bonds is 7. The molecule has 31 heavy (non-hydrogen) atoms. The molecule has 1 N–H and O–H groups in total. The van der Waals surface area contributed by atoms with Gasteiger partial charge in [-0.25, -0.2) is 9.37 Å². The van der Waals surface area contributed by atoms with Crippen molar-refractivity contribution < 1.29 is 18.7 Å². The second-order valence-electron chi connectivity index (χ2n) is 6.35. The number of amides is 1. The van der Waals surface area contributed by atoms with Gasteiger partial charge < -0.3 is 14.8 Å². The fraction of sp³-hybridized carbons (Fsp3) is 0.143. The predicted octanol–water partition coefficient (Wildman–Crippen LogP) is 2.25. The number of nitrogens with zero attached hydrogens (tertiary/aromatic N) is 3. The van der Waals surface area contributed by atoms with Crippen molar-refractivity contribution in [2.45, 2.75) is 6.92 Å². The summed E-state index contributed by atoms with van der Waals surface area (Å²) in [6, 6.07) is 10.6. The molecule has 0 fully saturated rings. The molecule has 0 saturated carbocycles. The van der Waals surface area contributed by atoms with Gasteiger partial charge in [0.2, 0.25) is 4.96 Å². The van der Waals surface area contributed by atoms with E-state index >= 15 is 0 Å². The Morgan fingerprint density at radius 2 is 2.00 bits per heavy atom. The molecule has 8 nitrogen and oxygen atoms in total. The second kappa shape index (κ2) is 8.92. The topological polar surface area (TPSA) is 94.8 Å². The first-order valence-corrected chi connectivity index (χ1v) is 10.1. The molecule has 0 aliphatic rings. The van der Waals surface area contributed by atoms with Gasteiger partial charge in [-0.3, -0.25) is 9.59 Å². The molecule has 1 amide bonds. The number of anilines is 1. The first kappa shape index (κ1) is 20.5. The van der Waals surface area contributed by atoms with Crippen molar-refractivity contribution in [1.29, 1.82) is 0 Å². The Morgan fingerprint density at radius 1 is 1.19 bits per heavy atom. The summed E-state index contributed by atoms with van der Waals surface area (Å²) in [5.41, 5.74) is 0.955. The first-order chi connectivity index (χ1) is 15.0. The number of thiazole rings is 1. The summed E-state index contributed by atoms with van der Waals surface area (Å²) in [6.07, 6.45) is 3.06. The molecule has 2 aromatic heterocycles. The number of fused-ring (bicyclic) bond motifs is 1. The normalized spacial score (nSPS) is 11.6. The van der Waals surface area contributed by atoms with Crippen LogP contribution in [0.25, 0.3) is 11.0 Å². The van der Waals surface area contributed by atoms with Crippen LogP contribution in [0.1, 0.15) is 12.5 Å². The van der Waals surface area contributed by atoms with Crippen molar-refractivity contribution in [2.75, 3.05) is 18.5 Å². The summed E-state index contributed by atoms with van der Waals surface area (Å²) in [5.74, 6) is 0.0515. The van der Waals surface area contributed by atoms with Gasteiger partial charge in [0, 0.05) is 5.69 Å². The molecule has 0 saturated heterocycles. The Kier molecular flexibility index (Phi) is 5.89. The highest BCUT2D eigenvalue weighted by molar-refractivity contribution is 7.15. The SMILES string of the molecule is CCOc1cc(/C=c2\sc3ncnn3c2=O)ccc1OCC(=O)Nc1ccc(F)cc1. The highest BCUT2D eigenvalue weighted by Gasteiger charge is 2.11. The third-order valence-corrected chi connectivity index (χ3v) is 5.15. The van der Waals surface area contributed by atoms with Crippen LogP contribution < -0.4 is 24.9 Å². The lowest BCUT2D eigenvalue weighted by Gasteiger charge is -2.12. The van der Waals surface area contributed by atoms with Crippen LogP contribution in [-0.4, -0.2) is 33.7 Å². The number of hydrogen-bond donors (Lipinski definition) is 1. The molecule has 0 aliphatic heterocycles. The molecule has 0 unspecified atom stereocenters. The fourth-order valence-electron chi connectivity index (χ4n) is 2.80. The van der Waals surface area contributed by atoms with Crippen molar-refractivity contribution in [2.24, 2.45) is 0 Å². The second-order valence-corrected chi connectivity index (χ2v) is 7.36. The van der Waals surface area contributed by atoms with E-state index in [9.17, 15) is 14.0 Å². The highest BCUT2D eigenvalue weighted by atomic mass is 32.1. The maximum atomic E-state index is 13.0. The zero-order valence-corrected chi connectivity index (χ0v) is 17.2. The molecule has 0 aliphatic carbocycles. The van der Waals surface area contributed by atoms with Crippen LogP contribution in [0.4, 0.5) is 10.1 Å². The summed E-state index contributed by atoms with van der Waals surface area (Å²) in [6.45, 7) is 1.97. The molecule has 158 valence electrons. The summed E-state index contributed by atoms with van der Waals surface area (Å²) in [4.78, 5) is 29.0. The van der Waals surface area contributed by atoms with Gasteiger partial charge in [0.1, 0.15) is 12.1 Å². The van der Waals surface area contributed by atoms with E-state index in [1.54, 1.807) is 24.3 Å². The third-order valence-electron chi connectivity index (χ3n) is 4.17. The lowest BCUT2D eigenvalue weighted by atomic mass is 10.2. The number of nitrogens with one attached hydrogen (secondary N) is 1. The lowest BCUT2D eigenvalue weighted by Crippen LogP contribution is -2.23. The van der Waals surface area contributed by atoms with E-state index < -0.39 is 5.91 Å². The van der Waals surface area contributed by atoms with Crippen molar-refractivity contribution in [1.82, 2.24) is 14.6 Å². The molecule has 2 aromatic carbocycles. The van der Waals surface area contributed by atoms with Crippen LogP contribution in [0.3, 0.4) is 0 Å². The summed E-state index contributed by atoms with van der Waals surface area (Å²) < 4.78 is 25.9. The van der Waals surface area contributed by atoms with Gasteiger partial charge in [0.15, 0.2) is 18.1 Å². The van der Waals surface area contributed by atoms with Gasteiger partial charge in [0.05, 0.1) is 11.1 Å². The van der Waals surface area contributed by atoms with E-state index in [0.717, 1.165) is 5.56 Å². The number of benzene rings is 2. The van der Waals surface area contributed by atoms with Gasteiger partial charge in [-0.1, -0.05) is 17.4 Å². The van der Waals surface area contributed by atoms with E-state index in [0.29, 0.717) is 33.3 Å². The van der Waals surface area contributed by atoms with Gasteiger partial charge in [0.25, 0.3) is 11.5 Å². The van der Waals surface area contributed by atoms with Crippen LogP contribution in [0, 0.1) is 5.82 Å². The third kappa shape index (κ3) is 4.69. The van der Waals surface area contributed by atoms with E-state index in [2.05, 4.69) is 15.4 Å². The molecule has 0 bridgehead atoms. The quantitative estimate of drug-likeness (QED) is 0.474.